The Kier molecular flexibility index (Phi) is 6.19. The van der Waals surface area contributed by atoms with Crippen molar-refractivity contribution in [2.24, 2.45) is 7.05 Å². The molecule has 35 heavy (non-hydrogen) atoms. The molecule has 2 aromatic heterocycles. The summed E-state index contributed by atoms with van der Waals surface area (Å²) in [5.74, 6) is 0.885. The summed E-state index contributed by atoms with van der Waals surface area (Å²) < 4.78 is 40.3. The molecular formula is C26H27F3N6. The van der Waals surface area contributed by atoms with Gasteiger partial charge in [-0.05, 0) is 43.7 Å². The Morgan fingerprint density at radius 3 is 2.26 bits per heavy atom. The van der Waals surface area contributed by atoms with E-state index < -0.39 is 11.7 Å². The Hall–Kier alpha value is -3.46. The van der Waals surface area contributed by atoms with Gasteiger partial charge in [-0.15, -0.1) is 10.2 Å². The Morgan fingerprint density at radius 2 is 1.63 bits per heavy atom. The third-order valence-corrected chi connectivity index (χ3v) is 6.83. The maximum atomic E-state index is 12.8. The molecule has 0 unspecified atom stereocenters. The molecule has 0 aliphatic carbocycles. The molecule has 0 radical (unpaired) electrons. The smallest absolute Gasteiger partial charge is 0.354 e. The molecule has 4 aromatic rings. The lowest BCUT2D eigenvalue weighted by molar-refractivity contribution is -0.137. The van der Waals surface area contributed by atoms with Gasteiger partial charge >= 0.3 is 6.18 Å². The quantitative estimate of drug-likeness (QED) is 0.396. The van der Waals surface area contributed by atoms with Crippen LogP contribution in [0.2, 0.25) is 0 Å². The molecule has 6 nitrogen and oxygen atoms in total. The minimum Gasteiger partial charge on any atom is -0.354 e. The third-order valence-electron chi connectivity index (χ3n) is 6.83. The summed E-state index contributed by atoms with van der Waals surface area (Å²) in [7, 11) is 3.93. The number of hydrogen-bond acceptors (Lipinski definition) is 5. The Bertz CT molecular complexity index is 1310. The van der Waals surface area contributed by atoms with Crippen LogP contribution in [0.1, 0.15) is 24.0 Å². The van der Waals surface area contributed by atoms with Crippen LogP contribution in [0.4, 0.5) is 19.0 Å². The second kappa shape index (κ2) is 9.30. The second-order valence-electron chi connectivity index (χ2n) is 9.09. The molecule has 3 heterocycles. The Balaban J connectivity index is 1.28. The molecule has 9 heteroatoms. The predicted octanol–water partition coefficient (Wildman–Crippen LogP) is 5.15. The van der Waals surface area contributed by atoms with Crippen molar-refractivity contribution >= 4 is 16.6 Å². The maximum Gasteiger partial charge on any atom is 0.416 e. The summed E-state index contributed by atoms with van der Waals surface area (Å²) in [6.07, 6.45) is -0.667. The summed E-state index contributed by atoms with van der Waals surface area (Å²) in [5, 5.41) is 15.6. The van der Waals surface area contributed by atoms with Crippen LogP contribution in [-0.2, 0) is 19.8 Å². The number of alkyl halides is 3. The first-order valence-electron chi connectivity index (χ1n) is 11.7. The summed E-state index contributed by atoms with van der Waals surface area (Å²) >= 11 is 0. The van der Waals surface area contributed by atoms with E-state index in [2.05, 4.69) is 37.2 Å². The normalized spacial score (nSPS) is 15.3. The van der Waals surface area contributed by atoms with E-state index in [-0.39, 0.29) is 0 Å². The van der Waals surface area contributed by atoms with Crippen molar-refractivity contribution in [3.63, 3.8) is 0 Å². The largest absolute Gasteiger partial charge is 0.416 e. The van der Waals surface area contributed by atoms with Gasteiger partial charge in [0.25, 0.3) is 0 Å². The number of halogens is 3. The van der Waals surface area contributed by atoms with E-state index in [1.807, 2.05) is 32.3 Å². The lowest BCUT2D eigenvalue weighted by Gasteiger charge is -2.37. The van der Waals surface area contributed by atoms with E-state index in [1.165, 1.54) is 0 Å². The van der Waals surface area contributed by atoms with Crippen molar-refractivity contribution in [2.75, 3.05) is 25.0 Å². The minimum absolute atomic E-state index is 0.349. The molecule has 1 fully saturated rings. The number of rotatable bonds is 5. The number of fused-ring (bicyclic) bond motifs is 1. The van der Waals surface area contributed by atoms with Crippen LogP contribution >= 0.6 is 0 Å². The van der Waals surface area contributed by atoms with Gasteiger partial charge < -0.3 is 4.90 Å². The van der Waals surface area contributed by atoms with Crippen molar-refractivity contribution in [3.05, 3.63) is 71.9 Å². The number of benzene rings is 2. The van der Waals surface area contributed by atoms with Gasteiger partial charge in [-0.1, -0.05) is 36.4 Å². The average Bonchev–Trinajstić information content (AvgIpc) is 3.29. The molecule has 0 bridgehead atoms. The molecule has 2 aromatic carbocycles. The van der Waals surface area contributed by atoms with E-state index in [0.717, 1.165) is 71.6 Å². The Labute approximate surface area is 202 Å². The summed E-state index contributed by atoms with van der Waals surface area (Å²) in [6, 6.07) is 15.9. The molecule has 0 spiro atoms. The van der Waals surface area contributed by atoms with Gasteiger partial charge in [0.15, 0.2) is 5.82 Å². The van der Waals surface area contributed by atoms with Gasteiger partial charge in [-0.3, -0.25) is 9.58 Å². The molecule has 0 N–H and O–H groups in total. The molecule has 0 amide bonds. The van der Waals surface area contributed by atoms with E-state index in [0.29, 0.717) is 12.6 Å². The van der Waals surface area contributed by atoms with Crippen LogP contribution in [0.3, 0.4) is 0 Å². The fourth-order valence-corrected chi connectivity index (χ4v) is 4.85. The number of piperidine rings is 1. The zero-order valence-corrected chi connectivity index (χ0v) is 19.7. The second-order valence-corrected chi connectivity index (χ2v) is 9.09. The molecule has 0 atom stereocenters. The highest BCUT2D eigenvalue weighted by molar-refractivity contribution is 5.99. The first-order chi connectivity index (χ1) is 16.8. The molecule has 182 valence electrons. The van der Waals surface area contributed by atoms with E-state index in [4.69, 9.17) is 0 Å². The molecule has 0 saturated carbocycles. The molecule has 1 saturated heterocycles. The fourth-order valence-electron chi connectivity index (χ4n) is 4.85. The molecule has 1 aliphatic rings. The third kappa shape index (κ3) is 4.73. The minimum atomic E-state index is -4.31. The zero-order valence-electron chi connectivity index (χ0n) is 19.7. The van der Waals surface area contributed by atoms with Crippen LogP contribution < -0.4 is 4.90 Å². The SMILES string of the molecule is CN(Cc1ccc(C(F)(F)F)cc1)C1CCN(c2nnc(-c3ccnn3C)c3ccccc23)CC1. The monoisotopic (exact) mass is 480 g/mol. The lowest BCUT2D eigenvalue weighted by atomic mass is 10.0. The molecular weight excluding hydrogens is 453 g/mol. The van der Waals surface area contributed by atoms with Crippen LogP contribution in [-0.4, -0.2) is 51.1 Å². The van der Waals surface area contributed by atoms with Gasteiger partial charge in [0.05, 0.1) is 11.3 Å². The van der Waals surface area contributed by atoms with Crippen molar-refractivity contribution in [1.29, 1.82) is 0 Å². The fraction of sp³-hybridized carbons (Fsp3) is 0.346. The summed E-state index contributed by atoms with van der Waals surface area (Å²) in [6.45, 7) is 2.29. The first kappa shape index (κ1) is 23.3. The summed E-state index contributed by atoms with van der Waals surface area (Å²) in [4.78, 5) is 4.51. The average molecular weight is 481 g/mol. The van der Waals surface area contributed by atoms with Crippen LogP contribution in [0.15, 0.2) is 60.8 Å². The van der Waals surface area contributed by atoms with Gasteiger partial charge in [-0.25, -0.2) is 0 Å². The highest BCUT2D eigenvalue weighted by Gasteiger charge is 2.30. The number of anilines is 1. The van der Waals surface area contributed by atoms with Gasteiger partial charge in [0.1, 0.15) is 5.69 Å². The number of nitrogens with zero attached hydrogens (tertiary/aromatic N) is 6. The van der Waals surface area contributed by atoms with Crippen molar-refractivity contribution in [1.82, 2.24) is 24.9 Å². The van der Waals surface area contributed by atoms with Crippen molar-refractivity contribution in [2.45, 2.75) is 31.6 Å². The summed E-state index contributed by atoms with van der Waals surface area (Å²) in [5.41, 5.74) is 2.00. The van der Waals surface area contributed by atoms with Gasteiger partial charge in [-0.2, -0.15) is 18.3 Å². The van der Waals surface area contributed by atoms with Gasteiger partial charge in [0.2, 0.25) is 0 Å². The van der Waals surface area contributed by atoms with Crippen LogP contribution in [0.25, 0.3) is 22.2 Å². The Morgan fingerprint density at radius 1 is 0.943 bits per heavy atom. The van der Waals surface area contributed by atoms with Crippen LogP contribution in [0.5, 0.6) is 0 Å². The molecule has 1 aliphatic heterocycles. The number of hydrogen-bond donors (Lipinski definition) is 0. The van der Waals surface area contributed by atoms with E-state index in [9.17, 15) is 13.2 Å². The molecule has 5 rings (SSSR count). The zero-order chi connectivity index (χ0) is 24.6. The lowest BCUT2D eigenvalue weighted by Crippen LogP contribution is -2.43. The number of aromatic nitrogens is 4. The standard InChI is InChI=1S/C26H27F3N6/c1-33(17-18-7-9-19(10-8-18)26(27,28)29)20-12-15-35(16-13-20)25-22-6-4-3-5-21(22)24(31-32-25)23-11-14-30-34(23)2/h3-11,14,20H,12-13,15-17H2,1-2H3. The topological polar surface area (TPSA) is 50.1 Å². The van der Waals surface area contributed by atoms with Gasteiger partial charge in [0, 0.05) is 49.7 Å². The van der Waals surface area contributed by atoms with Crippen LogP contribution in [0, 0.1) is 0 Å². The predicted molar refractivity (Wildman–Crippen MR) is 130 cm³/mol. The highest BCUT2D eigenvalue weighted by Crippen LogP contribution is 2.33. The maximum absolute atomic E-state index is 12.8. The van der Waals surface area contributed by atoms with E-state index >= 15 is 0 Å². The highest BCUT2D eigenvalue weighted by atomic mass is 19.4. The van der Waals surface area contributed by atoms with Crippen molar-refractivity contribution in [3.8, 4) is 11.4 Å². The van der Waals surface area contributed by atoms with E-state index in [1.54, 1.807) is 23.0 Å². The van der Waals surface area contributed by atoms with Crippen molar-refractivity contribution < 1.29 is 13.2 Å². The first-order valence-corrected chi connectivity index (χ1v) is 11.7. The number of aryl methyl sites for hydroxylation is 1.